The van der Waals surface area contributed by atoms with Crippen molar-refractivity contribution in [1.82, 2.24) is 0 Å². The van der Waals surface area contributed by atoms with Gasteiger partial charge in [-0.15, -0.1) is 0 Å². The topological polar surface area (TPSA) is 3.24 Å². The molecule has 0 bridgehead atoms. The average Bonchev–Trinajstić information content (AvgIpc) is 3.41. The van der Waals surface area contributed by atoms with E-state index in [9.17, 15) is 0 Å². The number of benzene rings is 6. The van der Waals surface area contributed by atoms with E-state index in [1.165, 1.54) is 87.9 Å². The highest BCUT2D eigenvalue weighted by molar-refractivity contribution is 7.67. The van der Waals surface area contributed by atoms with Crippen molar-refractivity contribution >= 4 is 51.2 Å². The van der Waals surface area contributed by atoms with Gasteiger partial charge in [0.25, 0.3) is 0 Å². The van der Waals surface area contributed by atoms with Gasteiger partial charge >= 0.3 is 0 Å². The number of fused-ring (bicyclic) bond motifs is 3. The van der Waals surface area contributed by atoms with Crippen molar-refractivity contribution < 1.29 is 0 Å². The van der Waals surface area contributed by atoms with E-state index >= 15 is 0 Å². The van der Waals surface area contributed by atoms with Crippen molar-refractivity contribution in [3.05, 3.63) is 161 Å². The van der Waals surface area contributed by atoms with Crippen LogP contribution in [0, 0.1) is 0 Å². The van der Waals surface area contributed by atoms with Crippen molar-refractivity contribution in [2.24, 2.45) is 0 Å². The molecule has 0 fully saturated rings. The quantitative estimate of drug-likeness (QED) is 0.189. The maximum Gasteiger partial charge on any atom is 0.0581 e. The van der Waals surface area contributed by atoms with Gasteiger partial charge in [-0.2, -0.15) is 0 Å². The van der Waals surface area contributed by atoms with E-state index in [0.29, 0.717) is 0 Å². The van der Waals surface area contributed by atoms with E-state index in [2.05, 4.69) is 154 Å². The SMILES string of the molecule is C=C1c2cccc3c2N2c4c1cc(-c1ccc5c(c1)c1ccccc1p5-c1ccccc1)cc4C(C)(C)c1cccc(c12)C3(C)C. The van der Waals surface area contributed by atoms with E-state index in [1.54, 1.807) is 0 Å². The summed E-state index contributed by atoms with van der Waals surface area (Å²) in [7, 11) is -0.575. The van der Waals surface area contributed by atoms with Crippen LogP contribution in [0.25, 0.3) is 43.0 Å². The molecule has 10 rings (SSSR count). The molecule has 3 aliphatic rings. The molecule has 1 atom stereocenters. The normalized spacial score (nSPS) is 16.6. The number of nitrogens with zero attached hydrogens (tertiary/aromatic N) is 1. The van der Waals surface area contributed by atoms with Crippen LogP contribution in [0.1, 0.15) is 61.1 Å². The minimum Gasteiger partial charge on any atom is -0.308 e. The Kier molecular flexibility index (Phi) is 4.99. The first-order valence-corrected chi connectivity index (χ1v) is 17.7. The van der Waals surface area contributed by atoms with Gasteiger partial charge in [0.2, 0.25) is 0 Å². The lowest BCUT2D eigenvalue weighted by atomic mass is 9.63. The van der Waals surface area contributed by atoms with Gasteiger partial charge in [0.05, 0.1) is 17.1 Å². The average molecular weight is 608 g/mol. The molecule has 0 spiro atoms. The van der Waals surface area contributed by atoms with Crippen LogP contribution in [0.4, 0.5) is 17.1 Å². The fourth-order valence-corrected chi connectivity index (χ4v) is 11.5. The summed E-state index contributed by atoms with van der Waals surface area (Å²) < 4.78 is 0. The van der Waals surface area contributed by atoms with Crippen LogP contribution >= 0.6 is 7.53 Å². The number of rotatable bonds is 2. The summed E-state index contributed by atoms with van der Waals surface area (Å²) in [5.74, 6) is 0. The third-order valence-electron chi connectivity index (χ3n) is 11.2. The lowest BCUT2D eigenvalue weighted by Crippen LogP contribution is -2.40. The molecule has 1 unspecified atom stereocenters. The molecule has 46 heavy (non-hydrogen) atoms. The molecule has 0 amide bonds. The minimum atomic E-state index is -0.575. The van der Waals surface area contributed by atoms with E-state index in [0.717, 1.165) is 5.57 Å². The van der Waals surface area contributed by atoms with Crippen LogP contribution in [0.2, 0.25) is 0 Å². The molecular weight excluding hydrogens is 573 g/mol. The lowest BCUT2D eigenvalue weighted by molar-refractivity contribution is 0.596. The maximum atomic E-state index is 4.79. The van der Waals surface area contributed by atoms with Crippen LogP contribution < -0.4 is 4.90 Å². The van der Waals surface area contributed by atoms with Crippen molar-refractivity contribution in [2.45, 2.75) is 38.5 Å². The monoisotopic (exact) mass is 607 g/mol. The fraction of sp³-hybridized carbons (Fsp3) is 0.136. The Morgan fingerprint density at radius 1 is 0.500 bits per heavy atom. The van der Waals surface area contributed by atoms with E-state index in [4.69, 9.17) is 6.58 Å². The third-order valence-corrected chi connectivity index (χ3v) is 13.8. The second-order valence-corrected chi connectivity index (χ2v) is 16.5. The molecule has 0 N–H and O–H groups in total. The molecule has 0 radical (unpaired) electrons. The highest BCUT2D eigenvalue weighted by Gasteiger charge is 2.48. The Labute approximate surface area is 271 Å². The molecule has 6 aromatic carbocycles. The van der Waals surface area contributed by atoms with Crippen molar-refractivity contribution in [3.8, 4) is 16.4 Å². The van der Waals surface area contributed by atoms with Gasteiger partial charge in [0.15, 0.2) is 0 Å². The minimum absolute atomic E-state index is 0.0989. The van der Waals surface area contributed by atoms with E-state index in [1.807, 2.05) is 0 Å². The summed E-state index contributed by atoms with van der Waals surface area (Å²) in [6.07, 6.45) is 0. The summed E-state index contributed by atoms with van der Waals surface area (Å²) in [5, 5.41) is 7.06. The highest BCUT2D eigenvalue weighted by Crippen LogP contribution is 2.65. The molecule has 1 aromatic heterocycles. The van der Waals surface area contributed by atoms with Crippen molar-refractivity contribution in [2.75, 3.05) is 4.90 Å². The van der Waals surface area contributed by atoms with E-state index < -0.39 is 7.53 Å². The van der Waals surface area contributed by atoms with Gasteiger partial charge in [0.1, 0.15) is 0 Å². The molecular formula is C44H34NP. The number of hydrogen-bond donors (Lipinski definition) is 0. The second kappa shape index (κ2) is 8.69. The van der Waals surface area contributed by atoms with Crippen LogP contribution in [-0.2, 0) is 10.8 Å². The number of hydrogen-bond acceptors (Lipinski definition) is 1. The van der Waals surface area contributed by atoms with Crippen molar-refractivity contribution in [1.29, 1.82) is 0 Å². The summed E-state index contributed by atoms with van der Waals surface area (Å²) >= 11 is 0. The van der Waals surface area contributed by atoms with E-state index in [-0.39, 0.29) is 10.8 Å². The van der Waals surface area contributed by atoms with Crippen LogP contribution in [0.5, 0.6) is 0 Å². The Morgan fingerprint density at radius 2 is 1.13 bits per heavy atom. The molecule has 4 heterocycles. The zero-order valence-electron chi connectivity index (χ0n) is 26.6. The number of para-hydroxylation sites is 2. The third kappa shape index (κ3) is 3.12. The standard InChI is InChI=1S/C44H34NP/c1-26-30-16-11-17-34-40(30)45-41-32(26)24-28(25-37(41)44(4,5)36-19-12-18-35(42(36)45)43(34,2)3)27-21-22-39-33(23-27)31-15-9-10-20-38(31)46(39)29-13-7-6-8-14-29/h6-25H,1H2,2-5H3. The first kappa shape index (κ1) is 26.4. The van der Waals surface area contributed by atoms with Crippen LogP contribution in [0.3, 0.4) is 0 Å². The smallest absolute Gasteiger partial charge is 0.0581 e. The first-order chi connectivity index (χ1) is 22.3. The van der Waals surface area contributed by atoms with Gasteiger partial charge in [0, 0.05) is 32.2 Å². The maximum absolute atomic E-state index is 4.79. The molecule has 2 heteroatoms. The Balaban J connectivity index is 1.26. The molecule has 0 saturated carbocycles. The zero-order chi connectivity index (χ0) is 31.1. The van der Waals surface area contributed by atoms with Gasteiger partial charge in [-0.05, 0) is 79.3 Å². The van der Waals surface area contributed by atoms with Crippen LogP contribution in [0.15, 0.2) is 128 Å². The summed E-state index contributed by atoms with van der Waals surface area (Å²) in [6.45, 7) is 14.4. The molecule has 0 aliphatic carbocycles. The van der Waals surface area contributed by atoms with Gasteiger partial charge in [-0.1, -0.05) is 139 Å². The molecule has 7 aromatic rings. The van der Waals surface area contributed by atoms with Crippen molar-refractivity contribution in [3.63, 3.8) is 0 Å². The summed E-state index contributed by atoms with van der Waals surface area (Å²) in [6, 6.07) is 46.0. The predicted molar refractivity (Wildman–Crippen MR) is 198 cm³/mol. The lowest BCUT2D eigenvalue weighted by Gasteiger charge is -2.52. The molecule has 3 aliphatic heterocycles. The first-order valence-electron chi connectivity index (χ1n) is 16.3. The Hall–Kier alpha value is -4.84. The summed E-state index contributed by atoms with van der Waals surface area (Å²) in [4.78, 5) is 2.60. The predicted octanol–water partition coefficient (Wildman–Crippen LogP) is 12.8. The fourth-order valence-electron chi connectivity index (χ4n) is 8.85. The highest BCUT2D eigenvalue weighted by atomic mass is 31.1. The Morgan fingerprint density at radius 3 is 1.91 bits per heavy atom. The van der Waals surface area contributed by atoms with Crippen LogP contribution in [-0.4, -0.2) is 0 Å². The van der Waals surface area contributed by atoms with Gasteiger partial charge in [-0.3, -0.25) is 0 Å². The molecule has 220 valence electrons. The summed E-state index contributed by atoms with van der Waals surface area (Å²) in [5.41, 5.74) is 15.4. The largest absolute Gasteiger partial charge is 0.308 e. The number of anilines is 3. The second-order valence-electron chi connectivity index (χ2n) is 14.3. The van der Waals surface area contributed by atoms with Gasteiger partial charge in [-0.25, -0.2) is 0 Å². The van der Waals surface area contributed by atoms with Gasteiger partial charge < -0.3 is 4.90 Å². The Bertz CT molecular complexity index is 2490. The molecule has 0 saturated heterocycles. The molecule has 1 nitrogen and oxygen atoms in total. The zero-order valence-corrected chi connectivity index (χ0v) is 27.5.